The molecule has 2 saturated heterocycles. The van der Waals surface area contributed by atoms with Gasteiger partial charge in [-0.15, -0.1) is 11.3 Å². The summed E-state index contributed by atoms with van der Waals surface area (Å²) in [5.41, 5.74) is 1.27. The third-order valence-electron chi connectivity index (χ3n) is 6.51. The minimum absolute atomic E-state index is 0.00421. The summed E-state index contributed by atoms with van der Waals surface area (Å²) < 4.78 is 11.0. The van der Waals surface area contributed by atoms with Crippen LogP contribution in [0.2, 0.25) is 0 Å². The van der Waals surface area contributed by atoms with Crippen LogP contribution in [0.4, 0.5) is 0 Å². The maximum Gasteiger partial charge on any atom is 0.289 e. The monoisotopic (exact) mass is 453 g/mol. The van der Waals surface area contributed by atoms with E-state index in [0.717, 1.165) is 48.2 Å². The second kappa shape index (κ2) is 9.03. The molecule has 2 fully saturated rings. The first-order valence-corrected chi connectivity index (χ1v) is 12.0. The van der Waals surface area contributed by atoms with Gasteiger partial charge in [-0.2, -0.15) is 0 Å². The van der Waals surface area contributed by atoms with Crippen LogP contribution in [0, 0.1) is 0 Å². The fraction of sp³-hybridized carbons (Fsp3) is 0.458. The number of amides is 2. The first-order valence-electron chi connectivity index (χ1n) is 11.2. The molecule has 32 heavy (non-hydrogen) atoms. The van der Waals surface area contributed by atoms with Crippen molar-refractivity contribution in [2.24, 2.45) is 0 Å². The van der Waals surface area contributed by atoms with Gasteiger partial charge in [0.15, 0.2) is 5.76 Å². The van der Waals surface area contributed by atoms with Gasteiger partial charge >= 0.3 is 0 Å². The number of rotatable bonds is 5. The van der Waals surface area contributed by atoms with Crippen LogP contribution >= 0.6 is 11.3 Å². The molecule has 5 rings (SSSR count). The highest BCUT2D eigenvalue weighted by Crippen LogP contribution is 2.32. The smallest absolute Gasteiger partial charge is 0.289 e. The molecule has 0 spiro atoms. The molecule has 2 aromatic heterocycles. The third-order valence-corrected chi connectivity index (χ3v) is 7.51. The number of fused-ring (bicyclic) bond motifs is 1. The summed E-state index contributed by atoms with van der Waals surface area (Å²) in [6.45, 7) is 2.65. The second-order valence-corrected chi connectivity index (χ2v) is 9.43. The van der Waals surface area contributed by atoms with Gasteiger partial charge < -0.3 is 19.0 Å². The van der Waals surface area contributed by atoms with E-state index >= 15 is 0 Å². The number of ether oxygens (including phenoxy) is 1. The van der Waals surface area contributed by atoms with Crippen molar-refractivity contribution >= 4 is 34.1 Å². The zero-order valence-corrected chi connectivity index (χ0v) is 19.0. The van der Waals surface area contributed by atoms with Crippen molar-refractivity contribution in [1.82, 2.24) is 14.8 Å². The molecule has 7 nitrogen and oxygen atoms in total. The number of nitrogens with zero attached hydrogens (tertiary/aromatic N) is 3. The predicted molar refractivity (Wildman–Crippen MR) is 122 cm³/mol. The molecule has 4 heterocycles. The number of carbonyl (C=O) groups is 2. The predicted octanol–water partition coefficient (Wildman–Crippen LogP) is 4.16. The van der Waals surface area contributed by atoms with Gasteiger partial charge in [-0.1, -0.05) is 18.2 Å². The number of benzene rings is 1. The summed E-state index contributed by atoms with van der Waals surface area (Å²) in [5.74, 6) is 0.607. The van der Waals surface area contributed by atoms with Crippen molar-refractivity contribution in [3.05, 3.63) is 52.2 Å². The Bertz CT molecular complexity index is 1080. The van der Waals surface area contributed by atoms with Crippen LogP contribution in [0.3, 0.4) is 0 Å². The largest absolute Gasteiger partial charge is 0.451 e. The maximum atomic E-state index is 13.0. The zero-order chi connectivity index (χ0) is 22.1. The molecule has 0 N–H and O–H groups in total. The lowest BCUT2D eigenvalue weighted by Crippen LogP contribution is -2.38. The lowest BCUT2D eigenvalue weighted by molar-refractivity contribution is 0.0625. The molecule has 2 amide bonds. The fourth-order valence-corrected chi connectivity index (χ4v) is 5.73. The Kier molecular flexibility index (Phi) is 5.97. The van der Waals surface area contributed by atoms with Crippen LogP contribution in [0.1, 0.15) is 57.7 Å². The van der Waals surface area contributed by atoms with E-state index in [2.05, 4.69) is 0 Å². The van der Waals surface area contributed by atoms with E-state index in [1.807, 2.05) is 45.5 Å². The average Bonchev–Trinajstić information content (AvgIpc) is 3.58. The Morgan fingerprint density at radius 1 is 1.16 bits per heavy atom. The van der Waals surface area contributed by atoms with Crippen molar-refractivity contribution in [3.8, 4) is 0 Å². The zero-order valence-electron chi connectivity index (χ0n) is 18.2. The summed E-state index contributed by atoms with van der Waals surface area (Å²) in [4.78, 5) is 34.3. The Morgan fingerprint density at radius 3 is 2.75 bits per heavy atom. The fourth-order valence-electron chi connectivity index (χ4n) is 4.76. The van der Waals surface area contributed by atoms with Gasteiger partial charge in [-0.3, -0.25) is 9.59 Å². The molecule has 3 aromatic rings. The molecule has 0 aliphatic carbocycles. The highest BCUT2D eigenvalue weighted by atomic mass is 32.1. The van der Waals surface area contributed by atoms with Crippen LogP contribution in [0.25, 0.3) is 11.0 Å². The molecular formula is C24H27N3O4S. The lowest BCUT2D eigenvalue weighted by atomic mass is 9.97. The number of carbonyl (C=O) groups excluding carboxylic acids is 2. The van der Waals surface area contributed by atoms with Gasteiger partial charge in [-0.25, -0.2) is 4.98 Å². The molecule has 1 aromatic carbocycles. The Morgan fingerprint density at radius 2 is 1.97 bits per heavy atom. The summed E-state index contributed by atoms with van der Waals surface area (Å²) in [6, 6.07) is 9.62. The molecule has 0 bridgehead atoms. The van der Waals surface area contributed by atoms with Crippen molar-refractivity contribution in [2.75, 3.05) is 33.4 Å². The molecule has 2 aliphatic rings. The number of likely N-dealkylation sites (tertiary alicyclic amines) is 2. The van der Waals surface area contributed by atoms with E-state index in [1.54, 1.807) is 18.4 Å². The van der Waals surface area contributed by atoms with Gasteiger partial charge in [0.05, 0.1) is 17.7 Å². The molecule has 1 unspecified atom stereocenters. The number of thiazole rings is 1. The molecule has 0 radical (unpaired) electrons. The second-order valence-electron chi connectivity index (χ2n) is 8.54. The van der Waals surface area contributed by atoms with Gasteiger partial charge in [-0.05, 0) is 37.8 Å². The number of aromatic nitrogens is 1. The average molecular weight is 454 g/mol. The van der Waals surface area contributed by atoms with E-state index in [4.69, 9.17) is 14.1 Å². The molecule has 168 valence electrons. The number of hydrogen-bond donors (Lipinski definition) is 0. The quantitative estimate of drug-likeness (QED) is 0.580. The Hall–Kier alpha value is -2.71. The van der Waals surface area contributed by atoms with E-state index in [9.17, 15) is 9.59 Å². The topological polar surface area (TPSA) is 75.9 Å². The lowest BCUT2D eigenvalue weighted by Gasteiger charge is -2.30. The molecular weight excluding hydrogens is 426 g/mol. The first-order chi connectivity index (χ1) is 15.6. The standard InChI is InChI=1S/C24H27N3O4S/c1-30-14-18-6-4-10-27(18)23(28)19-15-32-22(25-19)16-8-11-26(12-9-16)24(29)21-13-17-5-2-3-7-20(17)31-21/h2-3,5,7,13,15-16,18H,4,6,8-12,14H2,1H3. The summed E-state index contributed by atoms with van der Waals surface area (Å²) >= 11 is 1.55. The minimum atomic E-state index is -0.0622. The van der Waals surface area contributed by atoms with E-state index in [0.29, 0.717) is 31.2 Å². The summed E-state index contributed by atoms with van der Waals surface area (Å²) in [5, 5.41) is 3.81. The van der Waals surface area contributed by atoms with Crippen molar-refractivity contribution in [3.63, 3.8) is 0 Å². The van der Waals surface area contributed by atoms with Crippen molar-refractivity contribution in [1.29, 1.82) is 0 Å². The Labute approximate surface area is 191 Å². The minimum Gasteiger partial charge on any atom is -0.451 e. The molecule has 1 atom stereocenters. The SMILES string of the molecule is COCC1CCCN1C(=O)c1csc(C2CCN(C(=O)c3cc4ccccc4o3)CC2)n1. The van der Waals surface area contributed by atoms with Gasteiger partial charge in [0, 0.05) is 43.4 Å². The Balaban J connectivity index is 1.21. The number of piperidine rings is 1. The van der Waals surface area contributed by atoms with E-state index in [-0.39, 0.29) is 23.8 Å². The van der Waals surface area contributed by atoms with E-state index in [1.165, 1.54) is 0 Å². The maximum absolute atomic E-state index is 13.0. The normalized spacial score (nSPS) is 19.7. The van der Waals surface area contributed by atoms with E-state index < -0.39 is 0 Å². The van der Waals surface area contributed by atoms with Gasteiger partial charge in [0.25, 0.3) is 11.8 Å². The van der Waals surface area contributed by atoms with Crippen molar-refractivity contribution in [2.45, 2.75) is 37.6 Å². The number of furan rings is 1. The molecule has 0 saturated carbocycles. The summed E-state index contributed by atoms with van der Waals surface area (Å²) in [6.07, 6.45) is 3.66. The van der Waals surface area contributed by atoms with Crippen LogP contribution in [0.5, 0.6) is 0 Å². The number of para-hydroxylation sites is 1. The van der Waals surface area contributed by atoms with Crippen LogP contribution in [-0.2, 0) is 4.74 Å². The number of methoxy groups -OCH3 is 1. The molecule has 2 aliphatic heterocycles. The summed E-state index contributed by atoms with van der Waals surface area (Å²) in [7, 11) is 1.67. The van der Waals surface area contributed by atoms with Crippen LogP contribution < -0.4 is 0 Å². The number of hydrogen-bond acceptors (Lipinski definition) is 6. The van der Waals surface area contributed by atoms with Gasteiger partial charge in [0.2, 0.25) is 0 Å². The highest BCUT2D eigenvalue weighted by Gasteiger charge is 2.32. The molecule has 8 heteroatoms. The van der Waals surface area contributed by atoms with Crippen LogP contribution in [-0.4, -0.2) is 66.0 Å². The first kappa shape index (κ1) is 21.2. The van der Waals surface area contributed by atoms with Crippen LogP contribution in [0.15, 0.2) is 40.1 Å². The highest BCUT2D eigenvalue weighted by molar-refractivity contribution is 7.09. The van der Waals surface area contributed by atoms with Gasteiger partial charge in [0.1, 0.15) is 11.3 Å². The van der Waals surface area contributed by atoms with Crippen molar-refractivity contribution < 1.29 is 18.7 Å². The third kappa shape index (κ3) is 4.04.